The molecule has 3 nitrogen and oxygen atoms in total. The summed E-state index contributed by atoms with van der Waals surface area (Å²) >= 11 is 0. The molecule has 0 radical (unpaired) electrons. The average Bonchev–Trinajstić information content (AvgIpc) is 2.20. The third-order valence-electron chi connectivity index (χ3n) is 2.18. The number of carbonyl (C=O) groups is 1. The summed E-state index contributed by atoms with van der Waals surface area (Å²) in [7, 11) is 0. The van der Waals surface area contributed by atoms with Crippen molar-refractivity contribution in [2.45, 2.75) is 18.7 Å². The van der Waals surface area contributed by atoms with Gasteiger partial charge < -0.3 is 10.2 Å². The maximum Gasteiger partial charge on any atom is 0.341 e. The summed E-state index contributed by atoms with van der Waals surface area (Å²) in [4.78, 5) is 10.4. The summed E-state index contributed by atoms with van der Waals surface area (Å²) < 4.78 is 39.2. The van der Waals surface area contributed by atoms with Crippen LogP contribution in [0.25, 0.3) is 0 Å². The smallest absolute Gasteiger partial charge is 0.341 e. The number of carboxylic acids is 1. The molecule has 0 heterocycles. The van der Waals surface area contributed by atoms with E-state index >= 15 is 0 Å². The Hall–Kier alpha value is -1.56. The van der Waals surface area contributed by atoms with Gasteiger partial charge in [-0.05, 0) is 25.1 Å². The minimum atomic E-state index is -2.75. The molecule has 0 saturated carbocycles. The maximum absolute atomic E-state index is 13.2. The highest BCUT2D eigenvalue weighted by molar-refractivity contribution is 5.74. The lowest BCUT2D eigenvalue weighted by Gasteiger charge is -2.25. The Labute approximate surface area is 89.1 Å². The fraction of sp³-hybridized carbons (Fsp3) is 0.300. The van der Waals surface area contributed by atoms with Crippen molar-refractivity contribution >= 4 is 5.97 Å². The predicted octanol–water partition coefficient (Wildman–Crippen LogP) is 1.60. The predicted molar refractivity (Wildman–Crippen MR) is 48.5 cm³/mol. The molecule has 0 fully saturated rings. The van der Waals surface area contributed by atoms with Crippen LogP contribution in [0.2, 0.25) is 0 Å². The highest BCUT2D eigenvalue weighted by atomic mass is 19.1. The topological polar surface area (TPSA) is 57.5 Å². The van der Waals surface area contributed by atoms with Crippen molar-refractivity contribution in [2.75, 3.05) is 0 Å². The van der Waals surface area contributed by atoms with Crippen molar-refractivity contribution in [1.29, 1.82) is 0 Å². The van der Waals surface area contributed by atoms with Gasteiger partial charge in [-0.3, -0.25) is 0 Å². The molecule has 16 heavy (non-hydrogen) atoms. The number of carboxylic acid groups (broad SMARTS) is 1. The first-order valence-electron chi connectivity index (χ1n) is 4.31. The molecule has 1 rings (SSSR count). The van der Waals surface area contributed by atoms with Crippen molar-refractivity contribution in [1.82, 2.24) is 0 Å². The monoisotopic (exact) mass is 234 g/mol. The maximum atomic E-state index is 13.2. The molecule has 0 spiro atoms. The number of hydrogen-bond donors (Lipinski definition) is 2. The van der Waals surface area contributed by atoms with Gasteiger partial charge in [0.1, 0.15) is 17.2 Å². The van der Waals surface area contributed by atoms with Gasteiger partial charge in [-0.15, -0.1) is 0 Å². The van der Waals surface area contributed by atoms with E-state index in [1.807, 2.05) is 0 Å². The number of aliphatic carboxylic acids is 1. The van der Waals surface area contributed by atoms with Gasteiger partial charge in [0, 0.05) is 5.56 Å². The molecule has 1 aromatic carbocycles. The first kappa shape index (κ1) is 12.5. The van der Waals surface area contributed by atoms with Gasteiger partial charge in [0.2, 0.25) is 6.17 Å². The summed E-state index contributed by atoms with van der Waals surface area (Å²) in [5, 5.41) is 18.0. The third kappa shape index (κ3) is 2.16. The zero-order chi connectivity index (χ0) is 12.5. The number of hydrogen-bond acceptors (Lipinski definition) is 2. The SMILES string of the molecule is CC(O)(c1cc(F)ccc1F)C(F)C(=O)O. The zero-order valence-corrected chi connectivity index (χ0v) is 8.25. The summed E-state index contributed by atoms with van der Waals surface area (Å²) in [6, 6.07) is 2.03. The van der Waals surface area contributed by atoms with E-state index in [-0.39, 0.29) is 0 Å². The second-order valence-corrected chi connectivity index (χ2v) is 3.47. The quantitative estimate of drug-likeness (QED) is 0.835. The molecule has 0 aliphatic heterocycles. The highest BCUT2D eigenvalue weighted by Gasteiger charge is 2.41. The Morgan fingerprint density at radius 1 is 1.44 bits per heavy atom. The Kier molecular flexibility index (Phi) is 3.23. The third-order valence-corrected chi connectivity index (χ3v) is 2.18. The number of aliphatic hydroxyl groups is 1. The number of rotatable bonds is 3. The molecular formula is C10H9F3O3. The highest BCUT2D eigenvalue weighted by Crippen LogP contribution is 2.29. The number of halogens is 3. The lowest BCUT2D eigenvalue weighted by atomic mass is 9.90. The molecule has 0 saturated heterocycles. The summed E-state index contributed by atoms with van der Waals surface area (Å²) in [5.74, 6) is -3.92. The van der Waals surface area contributed by atoms with E-state index in [0.717, 1.165) is 13.0 Å². The first-order chi connectivity index (χ1) is 7.26. The van der Waals surface area contributed by atoms with Crippen LogP contribution in [0.1, 0.15) is 12.5 Å². The normalized spacial score (nSPS) is 16.6. The molecule has 2 unspecified atom stereocenters. The molecule has 0 aromatic heterocycles. The molecule has 6 heteroatoms. The molecule has 2 N–H and O–H groups in total. The Morgan fingerprint density at radius 2 is 2.00 bits per heavy atom. The van der Waals surface area contributed by atoms with Gasteiger partial charge in [0.05, 0.1) is 0 Å². The van der Waals surface area contributed by atoms with Crippen molar-refractivity contribution in [3.63, 3.8) is 0 Å². The largest absolute Gasteiger partial charge is 0.479 e. The van der Waals surface area contributed by atoms with E-state index in [1.165, 1.54) is 0 Å². The summed E-state index contributed by atoms with van der Waals surface area (Å²) in [6.07, 6.45) is -2.75. The molecule has 0 aliphatic carbocycles. The first-order valence-corrected chi connectivity index (χ1v) is 4.31. The lowest BCUT2D eigenvalue weighted by molar-refractivity contribution is -0.154. The second kappa shape index (κ2) is 4.13. The van der Waals surface area contributed by atoms with Crippen LogP contribution in [0, 0.1) is 11.6 Å². The molecule has 1 aromatic rings. The van der Waals surface area contributed by atoms with Crippen LogP contribution in [0.3, 0.4) is 0 Å². The van der Waals surface area contributed by atoms with E-state index in [9.17, 15) is 23.1 Å². The molecular weight excluding hydrogens is 225 g/mol. The van der Waals surface area contributed by atoms with Crippen molar-refractivity contribution in [3.8, 4) is 0 Å². The molecule has 88 valence electrons. The van der Waals surface area contributed by atoms with Crippen LogP contribution < -0.4 is 0 Å². The van der Waals surface area contributed by atoms with Gasteiger partial charge in [-0.2, -0.15) is 0 Å². The number of alkyl halides is 1. The fourth-order valence-electron chi connectivity index (χ4n) is 1.26. The number of benzene rings is 1. The Balaban J connectivity index is 3.25. The second-order valence-electron chi connectivity index (χ2n) is 3.47. The van der Waals surface area contributed by atoms with E-state index in [4.69, 9.17) is 5.11 Å². The van der Waals surface area contributed by atoms with E-state index in [2.05, 4.69) is 0 Å². The van der Waals surface area contributed by atoms with Gasteiger partial charge in [0.25, 0.3) is 0 Å². The van der Waals surface area contributed by atoms with Crippen LogP contribution in [-0.2, 0) is 10.4 Å². The van der Waals surface area contributed by atoms with Crippen LogP contribution in [-0.4, -0.2) is 22.4 Å². The Morgan fingerprint density at radius 3 is 2.50 bits per heavy atom. The van der Waals surface area contributed by atoms with Crippen molar-refractivity contribution < 1.29 is 28.2 Å². The minimum absolute atomic E-state index is 0.560. The van der Waals surface area contributed by atoms with Crippen molar-refractivity contribution in [3.05, 3.63) is 35.4 Å². The van der Waals surface area contributed by atoms with Gasteiger partial charge in [0.15, 0.2) is 0 Å². The zero-order valence-electron chi connectivity index (χ0n) is 8.25. The van der Waals surface area contributed by atoms with Gasteiger partial charge >= 0.3 is 5.97 Å². The van der Waals surface area contributed by atoms with Crippen LogP contribution in [0.15, 0.2) is 18.2 Å². The van der Waals surface area contributed by atoms with E-state index in [1.54, 1.807) is 0 Å². The molecule has 0 amide bonds. The molecule has 0 aliphatic rings. The van der Waals surface area contributed by atoms with Crippen LogP contribution >= 0.6 is 0 Å². The summed E-state index contributed by atoms with van der Waals surface area (Å²) in [5.41, 5.74) is -3.36. The summed E-state index contributed by atoms with van der Waals surface area (Å²) in [6.45, 7) is 0.768. The van der Waals surface area contributed by atoms with E-state index < -0.39 is 34.9 Å². The standard InChI is InChI=1S/C10H9F3O3/c1-10(16,8(13)9(14)15)6-4-5(11)2-3-7(6)12/h2-4,8,16H,1H3,(H,14,15). The van der Waals surface area contributed by atoms with E-state index in [0.29, 0.717) is 12.1 Å². The van der Waals surface area contributed by atoms with Crippen LogP contribution in [0.4, 0.5) is 13.2 Å². The van der Waals surface area contributed by atoms with Gasteiger partial charge in [-0.1, -0.05) is 0 Å². The van der Waals surface area contributed by atoms with Gasteiger partial charge in [-0.25, -0.2) is 18.0 Å². The van der Waals surface area contributed by atoms with Crippen molar-refractivity contribution in [2.24, 2.45) is 0 Å². The fourth-order valence-corrected chi connectivity index (χ4v) is 1.26. The lowest BCUT2D eigenvalue weighted by Crippen LogP contribution is -2.39. The van der Waals surface area contributed by atoms with Crippen LogP contribution in [0.5, 0.6) is 0 Å². The average molecular weight is 234 g/mol. The molecule has 2 atom stereocenters. The minimum Gasteiger partial charge on any atom is -0.479 e. The molecule has 0 bridgehead atoms. The Bertz CT molecular complexity index is 418.